The van der Waals surface area contributed by atoms with Crippen LogP contribution < -0.4 is 5.32 Å². The Bertz CT molecular complexity index is 599. The zero-order chi connectivity index (χ0) is 15.6. The van der Waals surface area contributed by atoms with E-state index in [4.69, 9.17) is 5.11 Å². The van der Waals surface area contributed by atoms with Gasteiger partial charge in [0.2, 0.25) is 0 Å². The van der Waals surface area contributed by atoms with Crippen LogP contribution in [-0.4, -0.2) is 46.0 Å². The number of amides is 1. The van der Waals surface area contributed by atoms with Crippen LogP contribution in [0.5, 0.6) is 0 Å². The third kappa shape index (κ3) is 2.96. The molecule has 1 atom stereocenters. The van der Waals surface area contributed by atoms with Gasteiger partial charge in [-0.25, -0.2) is 4.79 Å². The Balaban J connectivity index is 2.23. The number of benzene rings is 1. The van der Waals surface area contributed by atoms with Crippen molar-refractivity contribution in [2.75, 3.05) is 12.4 Å². The van der Waals surface area contributed by atoms with E-state index in [0.29, 0.717) is 5.56 Å². The lowest BCUT2D eigenvalue weighted by molar-refractivity contribution is -0.143. The quantitative estimate of drug-likeness (QED) is 0.722. The van der Waals surface area contributed by atoms with Crippen LogP contribution in [0.25, 0.3) is 0 Å². The Morgan fingerprint density at radius 3 is 2.67 bits per heavy atom. The molecule has 0 aromatic heterocycles. The summed E-state index contributed by atoms with van der Waals surface area (Å²) in [7, 11) is 1.75. The molecule has 7 heteroatoms. The first-order valence-corrected chi connectivity index (χ1v) is 6.50. The summed E-state index contributed by atoms with van der Waals surface area (Å²) in [4.78, 5) is 35.4. The van der Waals surface area contributed by atoms with Crippen molar-refractivity contribution >= 4 is 23.5 Å². The predicted octanol–water partition coefficient (Wildman–Crippen LogP) is 1.00. The summed E-state index contributed by atoms with van der Waals surface area (Å²) in [6, 6.07) is 4.06. The molecule has 0 unspecified atom stereocenters. The summed E-state index contributed by atoms with van der Waals surface area (Å²) >= 11 is 0. The van der Waals surface area contributed by atoms with Gasteiger partial charge in [0.05, 0.1) is 0 Å². The lowest BCUT2D eigenvalue weighted by Crippen LogP contribution is -2.41. The molecule has 1 aromatic carbocycles. The number of hydrogen-bond acceptors (Lipinski definition) is 4. The first-order valence-electron chi connectivity index (χ1n) is 6.50. The Kier molecular flexibility index (Phi) is 4.11. The van der Waals surface area contributed by atoms with E-state index in [9.17, 15) is 19.5 Å². The lowest BCUT2D eigenvalue weighted by Gasteiger charge is -2.23. The predicted molar refractivity (Wildman–Crippen MR) is 74.2 cm³/mol. The summed E-state index contributed by atoms with van der Waals surface area (Å²) in [5.74, 6) is -2.64. The first-order chi connectivity index (χ1) is 9.93. The molecule has 21 heavy (non-hydrogen) atoms. The number of nitrogens with one attached hydrogen (secondary N) is 1. The van der Waals surface area contributed by atoms with Crippen LogP contribution in [0.1, 0.15) is 28.8 Å². The zero-order valence-corrected chi connectivity index (χ0v) is 11.5. The molecule has 0 saturated carbocycles. The fourth-order valence-electron chi connectivity index (χ4n) is 2.42. The van der Waals surface area contributed by atoms with E-state index in [1.54, 1.807) is 25.2 Å². The number of hydrogen-bond donors (Lipinski definition) is 3. The molecule has 112 valence electrons. The van der Waals surface area contributed by atoms with Gasteiger partial charge in [-0.1, -0.05) is 0 Å². The first kappa shape index (κ1) is 14.8. The molecule has 0 aliphatic carbocycles. The van der Waals surface area contributed by atoms with Gasteiger partial charge in [-0.15, -0.1) is 0 Å². The molecule has 0 bridgehead atoms. The fraction of sp³-hybridized carbons (Fsp3) is 0.357. The molecule has 1 aliphatic heterocycles. The smallest absolute Gasteiger partial charge is 0.326 e. The maximum atomic E-state index is 12.3. The van der Waals surface area contributed by atoms with E-state index in [2.05, 4.69) is 5.32 Å². The van der Waals surface area contributed by atoms with E-state index in [-0.39, 0.29) is 25.3 Å². The number of rotatable bonds is 6. The van der Waals surface area contributed by atoms with Crippen LogP contribution in [0, 0.1) is 0 Å². The van der Waals surface area contributed by atoms with E-state index in [1.165, 1.54) is 4.90 Å². The number of nitrogens with zero attached hydrogens (tertiary/aromatic N) is 1. The molecule has 0 radical (unpaired) electrons. The number of carboxylic acids is 2. The Morgan fingerprint density at radius 2 is 2.10 bits per heavy atom. The molecule has 1 amide bonds. The van der Waals surface area contributed by atoms with Gasteiger partial charge in [0.15, 0.2) is 0 Å². The molecule has 3 N–H and O–H groups in total. The maximum Gasteiger partial charge on any atom is 0.326 e. The highest BCUT2D eigenvalue weighted by atomic mass is 16.4. The van der Waals surface area contributed by atoms with Crippen molar-refractivity contribution < 1.29 is 24.6 Å². The number of fused-ring (bicyclic) bond motifs is 1. The number of carboxylic acid groups (broad SMARTS) is 2. The standard InChI is InChI=1S/C14H16N2O5/c1-15-9-2-3-10-8(6-9)7-16(13(10)19)11(14(20)21)4-5-12(17)18/h2-3,6,11,15H,4-5,7H2,1H3,(H,17,18)(H,20,21)/t11-/m0/s1. The summed E-state index contributed by atoms with van der Waals surface area (Å²) in [5.41, 5.74) is 2.05. The SMILES string of the molecule is CNc1ccc2c(c1)CN([C@@H](CCC(=O)O)C(=O)O)C2=O. The van der Waals surface area contributed by atoms with Crippen molar-refractivity contribution in [3.63, 3.8) is 0 Å². The van der Waals surface area contributed by atoms with Gasteiger partial charge < -0.3 is 20.4 Å². The third-order valence-electron chi connectivity index (χ3n) is 3.52. The highest BCUT2D eigenvalue weighted by molar-refractivity contribution is 6.00. The summed E-state index contributed by atoms with van der Waals surface area (Å²) in [6.45, 7) is 0.181. The van der Waals surface area contributed by atoms with Crippen molar-refractivity contribution in [2.45, 2.75) is 25.4 Å². The molecular weight excluding hydrogens is 276 g/mol. The average Bonchev–Trinajstić information content (AvgIpc) is 2.75. The van der Waals surface area contributed by atoms with E-state index in [1.807, 2.05) is 0 Å². The van der Waals surface area contributed by atoms with Gasteiger partial charge in [0.1, 0.15) is 6.04 Å². The van der Waals surface area contributed by atoms with Gasteiger partial charge in [0.25, 0.3) is 5.91 Å². The number of carbonyl (C=O) groups is 3. The van der Waals surface area contributed by atoms with Crippen LogP contribution in [0.4, 0.5) is 5.69 Å². The van der Waals surface area contributed by atoms with Gasteiger partial charge in [-0.2, -0.15) is 0 Å². The van der Waals surface area contributed by atoms with Crippen LogP contribution in [0.15, 0.2) is 18.2 Å². The second kappa shape index (κ2) is 5.82. The van der Waals surface area contributed by atoms with Crippen molar-refractivity contribution in [1.82, 2.24) is 4.90 Å². The summed E-state index contributed by atoms with van der Waals surface area (Å²) in [6.07, 6.45) is -0.401. The molecule has 1 aliphatic rings. The fourth-order valence-corrected chi connectivity index (χ4v) is 2.42. The molecule has 7 nitrogen and oxygen atoms in total. The minimum Gasteiger partial charge on any atom is -0.481 e. The van der Waals surface area contributed by atoms with Gasteiger partial charge in [0, 0.05) is 31.3 Å². The maximum absolute atomic E-state index is 12.3. The highest BCUT2D eigenvalue weighted by Gasteiger charge is 2.36. The van der Waals surface area contributed by atoms with Gasteiger partial charge >= 0.3 is 11.9 Å². The minimum absolute atomic E-state index is 0.108. The second-order valence-electron chi connectivity index (χ2n) is 4.84. The molecule has 0 spiro atoms. The Labute approximate surface area is 121 Å². The molecule has 0 saturated heterocycles. The molecule has 1 aromatic rings. The molecule has 2 rings (SSSR count). The second-order valence-corrected chi connectivity index (χ2v) is 4.84. The Morgan fingerprint density at radius 1 is 1.38 bits per heavy atom. The normalized spacial score (nSPS) is 14.7. The zero-order valence-electron chi connectivity index (χ0n) is 11.5. The van der Waals surface area contributed by atoms with Crippen molar-refractivity contribution in [1.29, 1.82) is 0 Å². The van der Waals surface area contributed by atoms with E-state index < -0.39 is 18.0 Å². The van der Waals surface area contributed by atoms with Crippen molar-refractivity contribution in [2.24, 2.45) is 0 Å². The highest BCUT2D eigenvalue weighted by Crippen LogP contribution is 2.28. The molecule has 0 fully saturated rings. The topological polar surface area (TPSA) is 107 Å². The largest absolute Gasteiger partial charge is 0.481 e. The Hall–Kier alpha value is -2.57. The van der Waals surface area contributed by atoms with Crippen LogP contribution in [-0.2, 0) is 16.1 Å². The van der Waals surface area contributed by atoms with Gasteiger partial charge in [-0.3, -0.25) is 9.59 Å². The van der Waals surface area contributed by atoms with Crippen LogP contribution >= 0.6 is 0 Å². The molecular formula is C14H16N2O5. The number of carbonyl (C=O) groups excluding carboxylic acids is 1. The third-order valence-corrected chi connectivity index (χ3v) is 3.52. The monoisotopic (exact) mass is 292 g/mol. The van der Waals surface area contributed by atoms with Crippen molar-refractivity contribution in [3.05, 3.63) is 29.3 Å². The lowest BCUT2D eigenvalue weighted by atomic mass is 10.1. The average molecular weight is 292 g/mol. The summed E-state index contributed by atoms with van der Waals surface area (Å²) < 4.78 is 0. The van der Waals surface area contributed by atoms with Crippen molar-refractivity contribution in [3.8, 4) is 0 Å². The molecule has 1 heterocycles. The number of aliphatic carboxylic acids is 2. The van der Waals surface area contributed by atoms with E-state index >= 15 is 0 Å². The number of anilines is 1. The summed E-state index contributed by atoms with van der Waals surface area (Å²) in [5, 5.41) is 20.9. The van der Waals surface area contributed by atoms with Crippen LogP contribution in [0.2, 0.25) is 0 Å². The minimum atomic E-state index is -1.19. The van der Waals surface area contributed by atoms with Crippen LogP contribution in [0.3, 0.4) is 0 Å². The van der Waals surface area contributed by atoms with E-state index in [0.717, 1.165) is 11.3 Å². The van der Waals surface area contributed by atoms with Gasteiger partial charge in [-0.05, 0) is 30.2 Å².